The summed E-state index contributed by atoms with van der Waals surface area (Å²) in [6, 6.07) is 11.3. The van der Waals surface area contributed by atoms with Gasteiger partial charge in [0.1, 0.15) is 11.9 Å². The van der Waals surface area contributed by atoms with Gasteiger partial charge in [0, 0.05) is 5.56 Å². The predicted octanol–water partition coefficient (Wildman–Crippen LogP) is 3.07. The van der Waals surface area contributed by atoms with Crippen LogP contribution in [0, 0.1) is 5.82 Å². The van der Waals surface area contributed by atoms with Crippen LogP contribution in [0.1, 0.15) is 31.0 Å². The number of hydrogen-bond donors (Lipinski definition) is 2. The summed E-state index contributed by atoms with van der Waals surface area (Å²) in [7, 11) is 0. The van der Waals surface area contributed by atoms with Crippen LogP contribution in [0.4, 0.5) is 4.39 Å². The summed E-state index contributed by atoms with van der Waals surface area (Å²) in [5, 5.41) is 4.79. The molecule has 27 heavy (non-hydrogen) atoms. The van der Waals surface area contributed by atoms with Crippen LogP contribution >= 0.6 is 23.2 Å². The Balaban J connectivity index is 1.94. The molecule has 0 aliphatic carbocycles. The lowest BCUT2D eigenvalue weighted by Crippen LogP contribution is -2.87. The molecule has 1 amide bonds. The minimum atomic E-state index is -0.583. The molecule has 0 spiro atoms. The monoisotopic (exact) mass is 411 g/mol. The van der Waals surface area contributed by atoms with Crippen molar-refractivity contribution >= 4 is 34.9 Å². The Morgan fingerprint density at radius 3 is 2.44 bits per heavy atom. The summed E-state index contributed by atoms with van der Waals surface area (Å²) in [6.07, 6.45) is 0.436. The number of nitrogens with two attached hydrogens (primary N) is 1. The zero-order chi connectivity index (χ0) is 20.0. The van der Waals surface area contributed by atoms with Gasteiger partial charge in [0.05, 0.1) is 16.1 Å². The Morgan fingerprint density at radius 2 is 1.81 bits per heavy atom. The van der Waals surface area contributed by atoms with Crippen LogP contribution in [0.3, 0.4) is 0 Å². The Morgan fingerprint density at radius 1 is 1.15 bits per heavy atom. The van der Waals surface area contributed by atoms with Crippen LogP contribution < -0.4 is 10.6 Å². The number of nitrogens with one attached hydrogen (secondary N) is 1. The van der Waals surface area contributed by atoms with E-state index in [0.717, 1.165) is 5.56 Å². The van der Waals surface area contributed by atoms with Crippen molar-refractivity contribution < 1.29 is 19.3 Å². The average Bonchev–Trinajstić information content (AvgIpc) is 2.63. The van der Waals surface area contributed by atoms with Crippen LogP contribution in [0.15, 0.2) is 42.5 Å². The second kappa shape index (κ2) is 9.83. The molecular formula is C20H22Cl2FN2O2+. The van der Waals surface area contributed by atoms with Crippen molar-refractivity contribution in [3.63, 3.8) is 0 Å². The molecule has 2 atom stereocenters. The van der Waals surface area contributed by atoms with Gasteiger partial charge >= 0.3 is 0 Å². The normalized spacial score (nSPS) is 13.1. The molecule has 0 aliphatic heterocycles. The fourth-order valence-electron chi connectivity index (χ4n) is 2.70. The first-order valence-corrected chi connectivity index (χ1v) is 9.35. The zero-order valence-corrected chi connectivity index (χ0v) is 16.6. The van der Waals surface area contributed by atoms with Gasteiger partial charge in [-0.15, -0.1) is 0 Å². The fraction of sp³-hybridized carbons (Fsp3) is 0.300. The molecule has 0 aromatic heterocycles. The summed E-state index contributed by atoms with van der Waals surface area (Å²) >= 11 is 11.8. The van der Waals surface area contributed by atoms with Crippen molar-refractivity contribution in [1.82, 2.24) is 5.32 Å². The van der Waals surface area contributed by atoms with Crippen molar-refractivity contribution in [2.24, 2.45) is 0 Å². The SMILES string of the molecule is CC(=O)[C@@H](Cc1ccccc1)NC(=O)C[NH2+][C@H](C)c1cc(F)c(Cl)cc1Cl. The predicted molar refractivity (Wildman–Crippen MR) is 104 cm³/mol. The Bertz CT molecular complexity index is 815. The van der Waals surface area contributed by atoms with E-state index in [-0.39, 0.29) is 29.3 Å². The first kappa shape index (κ1) is 21.4. The van der Waals surface area contributed by atoms with Crippen LogP contribution in [0.25, 0.3) is 0 Å². The summed E-state index contributed by atoms with van der Waals surface area (Å²) in [5.74, 6) is -0.938. The molecule has 0 saturated carbocycles. The number of carbonyl (C=O) groups is 2. The fourth-order valence-corrected chi connectivity index (χ4v) is 3.25. The van der Waals surface area contributed by atoms with Gasteiger partial charge in [-0.3, -0.25) is 9.59 Å². The van der Waals surface area contributed by atoms with Crippen LogP contribution in [0.2, 0.25) is 10.0 Å². The molecular weight excluding hydrogens is 390 g/mol. The highest BCUT2D eigenvalue weighted by Gasteiger charge is 2.21. The number of ketones is 1. The molecule has 0 heterocycles. The third-order valence-electron chi connectivity index (χ3n) is 4.30. The van der Waals surface area contributed by atoms with Gasteiger partial charge in [-0.1, -0.05) is 53.5 Å². The lowest BCUT2D eigenvalue weighted by atomic mass is 10.0. The third kappa shape index (κ3) is 6.31. The number of hydrogen-bond acceptors (Lipinski definition) is 2. The summed E-state index contributed by atoms with van der Waals surface area (Å²) in [5.41, 5.74) is 1.53. The van der Waals surface area contributed by atoms with E-state index in [9.17, 15) is 14.0 Å². The zero-order valence-electron chi connectivity index (χ0n) is 15.1. The van der Waals surface area contributed by atoms with Crippen LogP contribution in [-0.2, 0) is 16.0 Å². The maximum atomic E-state index is 13.7. The average molecular weight is 412 g/mol. The van der Waals surface area contributed by atoms with Gasteiger partial charge < -0.3 is 10.6 Å². The molecule has 0 radical (unpaired) electrons. The molecule has 2 aromatic rings. The molecule has 0 bridgehead atoms. The topological polar surface area (TPSA) is 62.8 Å². The molecule has 3 N–H and O–H groups in total. The van der Waals surface area contributed by atoms with E-state index in [4.69, 9.17) is 23.2 Å². The number of carbonyl (C=O) groups excluding carboxylic acids is 2. The smallest absolute Gasteiger partial charge is 0.275 e. The second-order valence-corrected chi connectivity index (χ2v) is 7.25. The maximum absolute atomic E-state index is 13.7. The number of quaternary nitrogens is 1. The van der Waals surface area contributed by atoms with Crippen molar-refractivity contribution in [3.05, 3.63) is 69.5 Å². The summed E-state index contributed by atoms with van der Waals surface area (Å²) < 4.78 is 13.7. The van der Waals surface area contributed by atoms with E-state index >= 15 is 0 Å². The molecule has 0 fully saturated rings. The molecule has 0 unspecified atom stereocenters. The van der Waals surface area contributed by atoms with Crippen molar-refractivity contribution in [1.29, 1.82) is 0 Å². The van der Waals surface area contributed by atoms with E-state index in [1.54, 1.807) is 5.32 Å². The van der Waals surface area contributed by atoms with E-state index in [2.05, 4.69) is 5.32 Å². The second-order valence-electron chi connectivity index (χ2n) is 6.44. The molecule has 7 heteroatoms. The van der Waals surface area contributed by atoms with Crippen molar-refractivity contribution in [2.75, 3.05) is 6.54 Å². The number of Topliss-reactive ketones (excluding diaryl/α,β-unsaturated/α-hetero) is 1. The lowest BCUT2D eigenvalue weighted by molar-refractivity contribution is -0.682. The Labute approximate surface area is 168 Å². The largest absolute Gasteiger partial charge is 0.341 e. The highest BCUT2D eigenvalue weighted by molar-refractivity contribution is 6.35. The van der Waals surface area contributed by atoms with Gasteiger partial charge in [-0.2, -0.15) is 0 Å². The molecule has 2 aromatic carbocycles. The minimum Gasteiger partial charge on any atom is -0.341 e. The number of benzene rings is 2. The van der Waals surface area contributed by atoms with Gasteiger partial charge in [0.25, 0.3) is 5.91 Å². The number of halogens is 3. The molecule has 2 rings (SSSR count). The third-order valence-corrected chi connectivity index (χ3v) is 4.91. The van der Waals surface area contributed by atoms with Gasteiger partial charge in [-0.05, 0) is 38.0 Å². The van der Waals surface area contributed by atoms with Crippen LogP contribution in [0.5, 0.6) is 0 Å². The van der Waals surface area contributed by atoms with E-state index in [1.165, 1.54) is 19.1 Å². The van der Waals surface area contributed by atoms with Gasteiger partial charge in [0.2, 0.25) is 0 Å². The summed E-state index contributed by atoms with van der Waals surface area (Å²) in [4.78, 5) is 24.1. The molecule has 0 aliphatic rings. The minimum absolute atomic E-state index is 0.0427. The van der Waals surface area contributed by atoms with Crippen LogP contribution in [-0.4, -0.2) is 24.3 Å². The van der Waals surface area contributed by atoms with Crippen molar-refractivity contribution in [3.8, 4) is 0 Å². The van der Waals surface area contributed by atoms with E-state index < -0.39 is 11.9 Å². The lowest BCUT2D eigenvalue weighted by Gasteiger charge is -2.17. The highest BCUT2D eigenvalue weighted by Crippen LogP contribution is 2.27. The highest BCUT2D eigenvalue weighted by atomic mass is 35.5. The molecule has 4 nitrogen and oxygen atoms in total. The van der Waals surface area contributed by atoms with Gasteiger partial charge in [-0.25, -0.2) is 4.39 Å². The summed E-state index contributed by atoms with van der Waals surface area (Å²) in [6.45, 7) is 3.35. The molecule has 0 saturated heterocycles. The first-order chi connectivity index (χ1) is 12.8. The maximum Gasteiger partial charge on any atom is 0.275 e. The van der Waals surface area contributed by atoms with Gasteiger partial charge in [0.15, 0.2) is 12.3 Å². The standard InChI is InChI=1S/C20H21Cl2FN2O2/c1-12(15-9-18(23)17(22)10-16(15)21)24-11-20(27)25-19(13(2)26)8-14-6-4-3-5-7-14/h3-7,9-10,12,19,24H,8,11H2,1-2H3,(H,25,27)/p+1/t12-,19-/m1/s1. The molecule has 144 valence electrons. The number of rotatable bonds is 8. The van der Waals surface area contributed by atoms with Crippen molar-refractivity contribution in [2.45, 2.75) is 32.4 Å². The van der Waals surface area contributed by atoms with E-state index in [1.807, 2.05) is 37.3 Å². The first-order valence-electron chi connectivity index (χ1n) is 8.59. The quantitative estimate of drug-likeness (QED) is 0.655. The van der Waals surface area contributed by atoms with E-state index in [0.29, 0.717) is 17.0 Å². The Hall–Kier alpha value is -1.95. The number of amides is 1. The Kier molecular flexibility index (Phi) is 7.78.